The molecule has 0 saturated carbocycles. The molecule has 0 aliphatic carbocycles. The first-order valence-electron chi connectivity index (χ1n) is 10.7. The van der Waals surface area contributed by atoms with E-state index in [0.717, 1.165) is 18.8 Å². The second-order valence-electron chi connectivity index (χ2n) is 8.98. The average Bonchev–Trinajstić information content (AvgIpc) is 3.09. The molecule has 2 saturated heterocycles. The van der Waals surface area contributed by atoms with Gasteiger partial charge in [0.1, 0.15) is 5.60 Å². The summed E-state index contributed by atoms with van der Waals surface area (Å²) in [5.41, 5.74) is 0.260. The number of benzene rings is 1. The van der Waals surface area contributed by atoms with Crippen molar-refractivity contribution in [1.82, 2.24) is 15.1 Å². The Bertz CT molecular complexity index is 801. The molecule has 0 aromatic heterocycles. The predicted octanol–water partition coefficient (Wildman–Crippen LogP) is 2.36. The van der Waals surface area contributed by atoms with Gasteiger partial charge in [-0.2, -0.15) is 0 Å². The summed E-state index contributed by atoms with van der Waals surface area (Å²) in [6.07, 6.45) is -0.0696. The van der Waals surface area contributed by atoms with Crippen molar-refractivity contribution in [2.75, 3.05) is 50.7 Å². The van der Waals surface area contributed by atoms with E-state index in [1.165, 1.54) is 0 Å². The molecule has 0 radical (unpaired) electrons. The molecule has 2 aliphatic rings. The standard InChI is InChI=1S/C22H31ClN4O4/c1-22(2,3)31-21(30)26-12-10-25(11-13-26)9-8-24-20(29)16-14-19(28)27(15-16)18-6-4-17(23)5-7-18/h4-7,16H,8-15H2,1-3H3,(H,24,29). The fourth-order valence-corrected chi connectivity index (χ4v) is 3.84. The Morgan fingerprint density at radius 3 is 2.39 bits per heavy atom. The second kappa shape index (κ2) is 9.87. The van der Waals surface area contributed by atoms with Crippen molar-refractivity contribution in [3.8, 4) is 0 Å². The number of nitrogens with one attached hydrogen (secondary N) is 1. The summed E-state index contributed by atoms with van der Waals surface area (Å²) >= 11 is 5.91. The van der Waals surface area contributed by atoms with E-state index in [4.69, 9.17) is 16.3 Å². The largest absolute Gasteiger partial charge is 0.444 e. The molecule has 3 amide bonds. The molecule has 170 valence electrons. The van der Waals surface area contributed by atoms with Crippen LogP contribution in [0, 0.1) is 5.92 Å². The number of carbonyl (C=O) groups excluding carboxylic acids is 3. The van der Waals surface area contributed by atoms with Gasteiger partial charge >= 0.3 is 6.09 Å². The van der Waals surface area contributed by atoms with Gasteiger partial charge in [-0.1, -0.05) is 11.6 Å². The second-order valence-corrected chi connectivity index (χ2v) is 9.42. The first-order chi connectivity index (χ1) is 14.6. The van der Waals surface area contributed by atoms with Crippen LogP contribution in [0.25, 0.3) is 0 Å². The normalized spacial score (nSPS) is 20.1. The van der Waals surface area contributed by atoms with Crippen molar-refractivity contribution >= 4 is 35.2 Å². The number of hydrogen-bond acceptors (Lipinski definition) is 5. The molecule has 2 fully saturated rings. The van der Waals surface area contributed by atoms with Gasteiger partial charge in [0.15, 0.2) is 0 Å². The molecule has 8 nitrogen and oxygen atoms in total. The van der Waals surface area contributed by atoms with Crippen molar-refractivity contribution in [2.24, 2.45) is 5.92 Å². The van der Waals surface area contributed by atoms with E-state index >= 15 is 0 Å². The Morgan fingerprint density at radius 1 is 1.13 bits per heavy atom. The van der Waals surface area contributed by atoms with Gasteiger partial charge < -0.3 is 19.9 Å². The van der Waals surface area contributed by atoms with Crippen molar-refractivity contribution in [3.05, 3.63) is 29.3 Å². The van der Waals surface area contributed by atoms with Crippen LogP contribution in [0.3, 0.4) is 0 Å². The van der Waals surface area contributed by atoms with Crippen LogP contribution < -0.4 is 10.2 Å². The monoisotopic (exact) mass is 450 g/mol. The third kappa shape index (κ3) is 6.58. The number of anilines is 1. The number of nitrogens with zero attached hydrogens (tertiary/aromatic N) is 3. The summed E-state index contributed by atoms with van der Waals surface area (Å²) in [5.74, 6) is -0.509. The fraction of sp³-hybridized carbons (Fsp3) is 0.591. The number of hydrogen-bond donors (Lipinski definition) is 1. The van der Waals surface area contributed by atoms with Gasteiger partial charge in [0.05, 0.1) is 5.92 Å². The van der Waals surface area contributed by atoms with E-state index in [0.29, 0.717) is 37.7 Å². The van der Waals surface area contributed by atoms with Gasteiger partial charge in [-0.05, 0) is 45.0 Å². The Labute approximate surface area is 188 Å². The van der Waals surface area contributed by atoms with E-state index in [1.54, 1.807) is 34.1 Å². The third-order valence-corrected chi connectivity index (χ3v) is 5.64. The number of rotatable bonds is 5. The van der Waals surface area contributed by atoms with Crippen LogP contribution in [-0.4, -0.2) is 79.1 Å². The number of carbonyl (C=O) groups is 3. The first kappa shape index (κ1) is 23.3. The highest BCUT2D eigenvalue weighted by molar-refractivity contribution is 6.30. The molecule has 1 aromatic carbocycles. The maximum Gasteiger partial charge on any atom is 0.410 e. The van der Waals surface area contributed by atoms with Gasteiger partial charge in [-0.3, -0.25) is 14.5 Å². The van der Waals surface area contributed by atoms with Gasteiger partial charge in [0, 0.05) is 62.9 Å². The minimum atomic E-state index is -0.497. The fourth-order valence-electron chi connectivity index (χ4n) is 3.72. The van der Waals surface area contributed by atoms with E-state index in [-0.39, 0.29) is 30.2 Å². The first-order valence-corrected chi connectivity index (χ1v) is 11.0. The van der Waals surface area contributed by atoms with Gasteiger partial charge in [0.25, 0.3) is 0 Å². The summed E-state index contributed by atoms with van der Waals surface area (Å²) in [5, 5.41) is 3.56. The molecule has 1 aromatic rings. The Hall–Kier alpha value is -2.32. The highest BCUT2D eigenvalue weighted by atomic mass is 35.5. The maximum atomic E-state index is 12.5. The van der Waals surface area contributed by atoms with Crippen LogP contribution >= 0.6 is 11.6 Å². The molecule has 1 N–H and O–H groups in total. The average molecular weight is 451 g/mol. The van der Waals surface area contributed by atoms with Gasteiger partial charge in [0.2, 0.25) is 11.8 Å². The van der Waals surface area contributed by atoms with Crippen molar-refractivity contribution in [2.45, 2.75) is 32.8 Å². The maximum absolute atomic E-state index is 12.5. The Kier molecular flexibility index (Phi) is 7.43. The molecule has 1 atom stereocenters. The predicted molar refractivity (Wildman–Crippen MR) is 119 cm³/mol. The lowest BCUT2D eigenvalue weighted by molar-refractivity contribution is -0.126. The zero-order chi connectivity index (χ0) is 22.6. The zero-order valence-corrected chi connectivity index (χ0v) is 19.2. The third-order valence-electron chi connectivity index (χ3n) is 5.39. The molecule has 3 rings (SSSR count). The van der Waals surface area contributed by atoms with Gasteiger partial charge in [-0.25, -0.2) is 4.79 Å². The van der Waals surface area contributed by atoms with Crippen LogP contribution in [0.15, 0.2) is 24.3 Å². The minimum Gasteiger partial charge on any atom is -0.444 e. The number of amides is 3. The summed E-state index contributed by atoms with van der Waals surface area (Å²) < 4.78 is 5.41. The molecule has 31 heavy (non-hydrogen) atoms. The molecule has 1 unspecified atom stereocenters. The molecule has 0 spiro atoms. The molecule has 0 bridgehead atoms. The van der Waals surface area contributed by atoms with E-state index in [1.807, 2.05) is 20.8 Å². The quantitative estimate of drug-likeness (QED) is 0.744. The highest BCUT2D eigenvalue weighted by Crippen LogP contribution is 2.26. The van der Waals surface area contributed by atoms with Crippen LogP contribution in [-0.2, 0) is 14.3 Å². The highest BCUT2D eigenvalue weighted by Gasteiger charge is 2.35. The lowest BCUT2D eigenvalue weighted by atomic mass is 10.1. The van der Waals surface area contributed by atoms with Crippen LogP contribution in [0.4, 0.5) is 10.5 Å². The lowest BCUT2D eigenvalue weighted by Gasteiger charge is -2.35. The molecule has 2 aliphatic heterocycles. The Balaban J connectivity index is 1.38. The molecule has 9 heteroatoms. The summed E-state index contributed by atoms with van der Waals surface area (Å²) in [4.78, 5) is 42.6. The van der Waals surface area contributed by atoms with E-state index in [9.17, 15) is 14.4 Å². The van der Waals surface area contributed by atoms with Crippen LogP contribution in [0.5, 0.6) is 0 Å². The topological polar surface area (TPSA) is 82.2 Å². The SMILES string of the molecule is CC(C)(C)OC(=O)N1CCN(CCNC(=O)C2CC(=O)N(c3ccc(Cl)cc3)C2)CC1. The molecular weight excluding hydrogens is 420 g/mol. The number of halogens is 1. The summed E-state index contributed by atoms with van der Waals surface area (Å²) in [6, 6.07) is 7.05. The Morgan fingerprint density at radius 2 is 1.77 bits per heavy atom. The summed E-state index contributed by atoms with van der Waals surface area (Å²) in [6.45, 7) is 9.85. The van der Waals surface area contributed by atoms with E-state index in [2.05, 4.69) is 10.2 Å². The lowest BCUT2D eigenvalue weighted by Crippen LogP contribution is -2.51. The van der Waals surface area contributed by atoms with E-state index < -0.39 is 5.60 Å². The summed E-state index contributed by atoms with van der Waals surface area (Å²) in [7, 11) is 0. The molecular formula is C22H31ClN4O4. The van der Waals surface area contributed by atoms with Gasteiger partial charge in [-0.15, -0.1) is 0 Å². The van der Waals surface area contributed by atoms with Crippen molar-refractivity contribution in [1.29, 1.82) is 0 Å². The van der Waals surface area contributed by atoms with Crippen LogP contribution in [0.2, 0.25) is 5.02 Å². The van der Waals surface area contributed by atoms with Crippen molar-refractivity contribution < 1.29 is 19.1 Å². The van der Waals surface area contributed by atoms with Crippen molar-refractivity contribution in [3.63, 3.8) is 0 Å². The minimum absolute atomic E-state index is 0.0549. The van der Waals surface area contributed by atoms with Crippen LogP contribution in [0.1, 0.15) is 27.2 Å². The smallest absolute Gasteiger partial charge is 0.410 e. The number of piperazine rings is 1. The number of ether oxygens (including phenoxy) is 1. The molecule has 2 heterocycles. The zero-order valence-electron chi connectivity index (χ0n) is 18.4.